The summed E-state index contributed by atoms with van der Waals surface area (Å²) in [6.07, 6.45) is -4.40. The smallest absolute Gasteiger partial charge is 0.434 e. The van der Waals surface area contributed by atoms with Crippen LogP contribution in [0.2, 0.25) is 0 Å². The SMILES string of the molecule is FC(F)(F)c1csc(Nc2cccc(N3CCNCC3)c2)n1.O=CO. The fraction of sp³-hybridized carbons (Fsp3) is 0.333. The van der Waals surface area contributed by atoms with Gasteiger partial charge in [0.25, 0.3) is 6.47 Å². The second-order valence-electron chi connectivity index (χ2n) is 5.05. The van der Waals surface area contributed by atoms with Crippen LogP contribution in [0.4, 0.5) is 29.7 Å². The van der Waals surface area contributed by atoms with E-state index in [4.69, 9.17) is 9.90 Å². The first-order valence-corrected chi connectivity index (χ1v) is 8.25. The van der Waals surface area contributed by atoms with Crippen molar-refractivity contribution in [2.45, 2.75) is 6.18 Å². The molecule has 0 aliphatic carbocycles. The zero-order valence-corrected chi connectivity index (χ0v) is 13.9. The minimum Gasteiger partial charge on any atom is -0.483 e. The van der Waals surface area contributed by atoms with E-state index >= 15 is 0 Å². The van der Waals surface area contributed by atoms with Crippen molar-refractivity contribution in [3.63, 3.8) is 0 Å². The molecule has 1 aromatic carbocycles. The van der Waals surface area contributed by atoms with Gasteiger partial charge in [0.2, 0.25) is 0 Å². The number of thiazole rings is 1. The summed E-state index contributed by atoms with van der Waals surface area (Å²) in [5.41, 5.74) is 0.927. The Morgan fingerprint density at radius 2 is 2.00 bits per heavy atom. The minimum absolute atomic E-state index is 0.241. The molecule has 0 unspecified atom stereocenters. The van der Waals surface area contributed by atoms with Crippen LogP contribution in [0, 0.1) is 0 Å². The number of hydrogen-bond donors (Lipinski definition) is 3. The van der Waals surface area contributed by atoms with E-state index in [9.17, 15) is 13.2 Å². The molecule has 0 radical (unpaired) electrons. The second-order valence-corrected chi connectivity index (χ2v) is 5.91. The molecule has 2 aromatic rings. The Labute approximate surface area is 146 Å². The third-order valence-electron chi connectivity index (χ3n) is 3.37. The van der Waals surface area contributed by atoms with Gasteiger partial charge in [-0.2, -0.15) is 13.2 Å². The molecule has 0 saturated carbocycles. The van der Waals surface area contributed by atoms with Gasteiger partial charge >= 0.3 is 6.18 Å². The minimum atomic E-state index is -4.40. The molecule has 136 valence electrons. The van der Waals surface area contributed by atoms with E-state index in [1.165, 1.54) is 0 Å². The summed E-state index contributed by atoms with van der Waals surface area (Å²) in [5.74, 6) is 0. The number of alkyl halides is 3. The summed E-state index contributed by atoms with van der Waals surface area (Å²) in [4.78, 5) is 14.2. The van der Waals surface area contributed by atoms with Crippen molar-refractivity contribution < 1.29 is 23.1 Å². The molecule has 10 heteroatoms. The summed E-state index contributed by atoms with van der Waals surface area (Å²) in [5, 5.41) is 14.4. The van der Waals surface area contributed by atoms with Gasteiger partial charge < -0.3 is 20.6 Å². The van der Waals surface area contributed by atoms with Crippen molar-refractivity contribution in [3.05, 3.63) is 35.3 Å². The predicted octanol–water partition coefficient (Wildman–Crippen LogP) is 3.02. The number of rotatable bonds is 3. The lowest BCUT2D eigenvalue weighted by atomic mass is 10.2. The quantitative estimate of drug-likeness (QED) is 0.717. The Kier molecular flexibility index (Phi) is 6.59. The molecule has 0 spiro atoms. The number of anilines is 3. The number of carbonyl (C=O) groups is 1. The van der Waals surface area contributed by atoms with Gasteiger partial charge in [-0.05, 0) is 18.2 Å². The van der Waals surface area contributed by atoms with Gasteiger partial charge in [0.05, 0.1) is 0 Å². The molecule has 1 saturated heterocycles. The van der Waals surface area contributed by atoms with Crippen molar-refractivity contribution in [2.75, 3.05) is 36.4 Å². The van der Waals surface area contributed by atoms with Crippen LogP contribution in [0.25, 0.3) is 0 Å². The van der Waals surface area contributed by atoms with Gasteiger partial charge in [-0.15, -0.1) is 11.3 Å². The average molecular weight is 374 g/mol. The van der Waals surface area contributed by atoms with Crippen LogP contribution in [0.1, 0.15) is 5.69 Å². The van der Waals surface area contributed by atoms with E-state index in [0.29, 0.717) is 0 Å². The highest BCUT2D eigenvalue weighted by Crippen LogP contribution is 2.33. The zero-order chi connectivity index (χ0) is 18.3. The number of aromatic nitrogens is 1. The Hall–Kier alpha value is -2.33. The van der Waals surface area contributed by atoms with Crippen LogP contribution in [0.3, 0.4) is 0 Å². The van der Waals surface area contributed by atoms with Crippen molar-refractivity contribution in [3.8, 4) is 0 Å². The van der Waals surface area contributed by atoms with E-state index in [1.807, 2.05) is 24.3 Å². The highest BCUT2D eigenvalue weighted by atomic mass is 32.1. The molecule has 25 heavy (non-hydrogen) atoms. The molecule has 1 aromatic heterocycles. The Morgan fingerprint density at radius 1 is 1.32 bits per heavy atom. The highest BCUT2D eigenvalue weighted by molar-refractivity contribution is 7.13. The molecular weight excluding hydrogens is 357 g/mol. The Morgan fingerprint density at radius 3 is 2.60 bits per heavy atom. The topological polar surface area (TPSA) is 77.5 Å². The normalized spacial score (nSPS) is 14.4. The number of nitrogens with one attached hydrogen (secondary N) is 2. The van der Waals surface area contributed by atoms with Crippen LogP contribution in [-0.2, 0) is 11.0 Å². The van der Waals surface area contributed by atoms with E-state index in [2.05, 4.69) is 20.5 Å². The summed E-state index contributed by atoms with van der Waals surface area (Å²) in [6.45, 7) is 3.44. The summed E-state index contributed by atoms with van der Waals surface area (Å²) < 4.78 is 37.7. The monoisotopic (exact) mass is 374 g/mol. The predicted molar refractivity (Wildman–Crippen MR) is 90.6 cm³/mol. The summed E-state index contributed by atoms with van der Waals surface area (Å²) >= 11 is 0.947. The van der Waals surface area contributed by atoms with Gasteiger partial charge in [0, 0.05) is 42.9 Å². The molecule has 3 N–H and O–H groups in total. The van der Waals surface area contributed by atoms with Gasteiger partial charge in [-0.25, -0.2) is 4.98 Å². The first kappa shape index (κ1) is 19.0. The average Bonchev–Trinajstić information content (AvgIpc) is 3.06. The van der Waals surface area contributed by atoms with E-state index in [1.54, 1.807) is 0 Å². The number of benzene rings is 1. The first-order chi connectivity index (χ1) is 11.9. The second kappa shape index (κ2) is 8.67. The van der Waals surface area contributed by atoms with E-state index < -0.39 is 11.9 Å². The highest BCUT2D eigenvalue weighted by Gasteiger charge is 2.33. The molecule has 0 atom stereocenters. The first-order valence-electron chi connectivity index (χ1n) is 7.37. The zero-order valence-electron chi connectivity index (χ0n) is 13.1. The third-order valence-corrected chi connectivity index (χ3v) is 4.13. The lowest BCUT2D eigenvalue weighted by Gasteiger charge is -2.29. The van der Waals surface area contributed by atoms with Crippen LogP contribution in [0.15, 0.2) is 29.6 Å². The number of carboxylic acid groups (broad SMARTS) is 1. The number of piperazine rings is 1. The maximum atomic E-state index is 12.6. The third kappa shape index (κ3) is 5.61. The number of nitrogens with zero attached hydrogens (tertiary/aromatic N) is 2. The van der Waals surface area contributed by atoms with Crippen LogP contribution < -0.4 is 15.5 Å². The molecule has 6 nitrogen and oxygen atoms in total. The largest absolute Gasteiger partial charge is 0.483 e. The van der Waals surface area contributed by atoms with Crippen LogP contribution in [0.5, 0.6) is 0 Å². The van der Waals surface area contributed by atoms with Crippen LogP contribution in [-0.4, -0.2) is 42.7 Å². The lowest BCUT2D eigenvalue weighted by Crippen LogP contribution is -2.43. The summed E-state index contributed by atoms with van der Waals surface area (Å²) in [7, 11) is 0. The fourth-order valence-electron chi connectivity index (χ4n) is 2.29. The van der Waals surface area contributed by atoms with Crippen LogP contribution >= 0.6 is 11.3 Å². The van der Waals surface area contributed by atoms with Gasteiger partial charge in [-0.3, -0.25) is 4.79 Å². The Bertz CT molecular complexity index is 687. The van der Waals surface area contributed by atoms with Gasteiger partial charge in [-0.1, -0.05) is 6.07 Å². The molecule has 1 aliphatic rings. The maximum Gasteiger partial charge on any atom is 0.434 e. The van der Waals surface area contributed by atoms with Crippen molar-refractivity contribution >= 4 is 34.3 Å². The maximum absolute atomic E-state index is 12.6. The Balaban J connectivity index is 0.000000701. The van der Waals surface area contributed by atoms with E-state index in [-0.39, 0.29) is 11.6 Å². The molecule has 1 aliphatic heterocycles. The standard InChI is InChI=1S/C14H15F3N4S.CH2O2/c15-14(16,17)12-9-22-13(20-12)19-10-2-1-3-11(8-10)21-6-4-18-5-7-21;2-1-3/h1-3,8-9,18H,4-7H2,(H,19,20);1H,(H,2,3). The molecule has 1 fully saturated rings. The van der Waals surface area contributed by atoms with Crippen molar-refractivity contribution in [1.29, 1.82) is 0 Å². The molecular formula is C15H17F3N4O2S. The summed E-state index contributed by atoms with van der Waals surface area (Å²) in [6, 6.07) is 7.64. The van der Waals surface area contributed by atoms with Gasteiger partial charge in [0.15, 0.2) is 10.8 Å². The fourth-order valence-corrected chi connectivity index (χ4v) is 3.03. The molecule has 0 bridgehead atoms. The van der Waals surface area contributed by atoms with E-state index in [0.717, 1.165) is 54.3 Å². The van der Waals surface area contributed by atoms with Gasteiger partial charge in [0.1, 0.15) is 0 Å². The molecule has 2 heterocycles. The van der Waals surface area contributed by atoms with Crippen molar-refractivity contribution in [2.24, 2.45) is 0 Å². The molecule has 3 rings (SSSR count). The van der Waals surface area contributed by atoms with Crippen molar-refractivity contribution in [1.82, 2.24) is 10.3 Å². The number of halogens is 3. The number of hydrogen-bond acceptors (Lipinski definition) is 6. The lowest BCUT2D eigenvalue weighted by molar-refractivity contribution is -0.140. The molecule has 0 amide bonds.